The third-order valence-electron chi connectivity index (χ3n) is 4.91. The van der Waals surface area contributed by atoms with Crippen molar-refractivity contribution >= 4 is 9.84 Å². The molecule has 4 heteroatoms. The lowest BCUT2D eigenvalue weighted by molar-refractivity contribution is 0.393. The van der Waals surface area contributed by atoms with E-state index in [2.05, 4.69) is 5.32 Å². The summed E-state index contributed by atoms with van der Waals surface area (Å²) in [5, 5.41) is 3.48. The predicted molar refractivity (Wildman–Crippen MR) is 68.8 cm³/mol. The fourth-order valence-electron chi connectivity index (χ4n) is 3.94. The number of fused-ring (bicyclic) bond motifs is 2. The minimum atomic E-state index is -2.85. The minimum Gasteiger partial charge on any atom is -0.311 e. The predicted octanol–water partition coefficient (Wildman–Crippen LogP) is 2.02. The molecule has 3 fully saturated rings. The van der Waals surface area contributed by atoms with Crippen LogP contribution in [-0.4, -0.2) is 31.0 Å². The van der Waals surface area contributed by atoms with Gasteiger partial charge in [-0.3, -0.25) is 0 Å². The molecule has 17 heavy (non-hydrogen) atoms. The van der Waals surface area contributed by atoms with Crippen LogP contribution in [0.5, 0.6) is 0 Å². The summed E-state index contributed by atoms with van der Waals surface area (Å²) in [4.78, 5) is 0. The van der Waals surface area contributed by atoms with Crippen LogP contribution in [-0.2, 0) is 9.84 Å². The highest BCUT2D eigenvalue weighted by Crippen LogP contribution is 2.35. The Labute approximate surface area is 104 Å². The molecule has 2 saturated heterocycles. The average molecular weight is 257 g/mol. The second-order valence-corrected chi connectivity index (χ2v) is 8.59. The molecule has 2 heterocycles. The van der Waals surface area contributed by atoms with Crippen LogP contribution in [0.15, 0.2) is 0 Å². The molecule has 2 bridgehead atoms. The highest BCUT2D eigenvalue weighted by atomic mass is 32.2. The van der Waals surface area contributed by atoms with E-state index in [0.717, 1.165) is 38.5 Å². The molecule has 0 spiro atoms. The highest BCUT2D eigenvalue weighted by molar-refractivity contribution is 7.92. The number of nitrogens with one attached hydrogen (secondary N) is 1. The first kappa shape index (κ1) is 12.0. The summed E-state index contributed by atoms with van der Waals surface area (Å²) in [5.41, 5.74) is 0. The zero-order chi connectivity index (χ0) is 11.9. The molecule has 3 aliphatic rings. The van der Waals surface area contributed by atoms with E-state index in [1.807, 2.05) is 0 Å². The lowest BCUT2D eigenvalue weighted by atomic mass is 10.0. The first-order valence-electron chi connectivity index (χ1n) is 7.15. The fourth-order valence-corrected chi connectivity index (χ4v) is 6.47. The second kappa shape index (κ2) is 4.54. The standard InChI is InChI=1S/C13H23NO2S/c15-17(16,12-4-2-1-3-5-12)13-8-10-6-7-11(9-13)14-10/h10-14H,1-9H2. The van der Waals surface area contributed by atoms with Crippen molar-refractivity contribution < 1.29 is 8.42 Å². The van der Waals surface area contributed by atoms with E-state index in [0.29, 0.717) is 12.1 Å². The Morgan fingerprint density at radius 2 is 1.35 bits per heavy atom. The molecule has 2 aliphatic heterocycles. The molecule has 2 atom stereocenters. The smallest absolute Gasteiger partial charge is 0.156 e. The van der Waals surface area contributed by atoms with Crippen LogP contribution in [0.2, 0.25) is 0 Å². The zero-order valence-electron chi connectivity index (χ0n) is 10.4. The van der Waals surface area contributed by atoms with E-state index in [4.69, 9.17) is 0 Å². The summed E-state index contributed by atoms with van der Waals surface area (Å²) >= 11 is 0. The van der Waals surface area contributed by atoms with Gasteiger partial charge in [0.25, 0.3) is 0 Å². The third-order valence-corrected chi connectivity index (χ3v) is 7.63. The molecule has 98 valence electrons. The molecule has 2 unspecified atom stereocenters. The van der Waals surface area contributed by atoms with Gasteiger partial charge in [-0.25, -0.2) is 8.42 Å². The Hall–Kier alpha value is -0.0900. The number of hydrogen-bond acceptors (Lipinski definition) is 3. The molecule has 0 aromatic heterocycles. The van der Waals surface area contributed by atoms with Gasteiger partial charge in [0, 0.05) is 12.1 Å². The van der Waals surface area contributed by atoms with Crippen LogP contribution in [0.25, 0.3) is 0 Å². The van der Waals surface area contributed by atoms with Gasteiger partial charge >= 0.3 is 0 Å². The average Bonchev–Trinajstić information content (AvgIpc) is 2.69. The summed E-state index contributed by atoms with van der Waals surface area (Å²) in [6, 6.07) is 0.967. The first-order valence-corrected chi connectivity index (χ1v) is 8.76. The molecular formula is C13H23NO2S. The molecular weight excluding hydrogens is 234 g/mol. The second-order valence-electron chi connectivity index (χ2n) is 6.08. The molecule has 0 aromatic rings. The van der Waals surface area contributed by atoms with Gasteiger partial charge in [0.2, 0.25) is 0 Å². The molecule has 1 aliphatic carbocycles. The van der Waals surface area contributed by atoms with Crippen molar-refractivity contribution in [2.24, 2.45) is 0 Å². The van der Waals surface area contributed by atoms with Crippen molar-refractivity contribution in [3.8, 4) is 0 Å². The minimum absolute atomic E-state index is 0.0150. The Morgan fingerprint density at radius 1 is 0.765 bits per heavy atom. The van der Waals surface area contributed by atoms with Crippen molar-refractivity contribution in [3.63, 3.8) is 0 Å². The Kier molecular flexibility index (Phi) is 3.20. The summed E-state index contributed by atoms with van der Waals surface area (Å²) in [6.45, 7) is 0. The van der Waals surface area contributed by atoms with Gasteiger partial charge in [-0.05, 0) is 38.5 Å². The van der Waals surface area contributed by atoms with Crippen molar-refractivity contribution in [2.45, 2.75) is 80.4 Å². The van der Waals surface area contributed by atoms with Crippen LogP contribution in [0, 0.1) is 0 Å². The molecule has 0 amide bonds. The van der Waals surface area contributed by atoms with Gasteiger partial charge < -0.3 is 5.32 Å². The topological polar surface area (TPSA) is 46.2 Å². The number of rotatable bonds is 2. The van der Waals surface area contributed by atoms with Crippen LogP contribution < -0.4 is 5.32 Å². The lowest BCUT2D eigenvalue weighted by Gasteiger charge is -2.32. The molecule has 3 rings (SSSR count). The van der Waals surface area contributed by atoms with Gasteiger partial charge in [0.05, 0.1) is 10.5 Å². The quantitative estimate of drug-likeness (QED) is 0.823. The molecule has 0 aromatic carbocycles. The normalized spacial score (nSPS) is 39.4. The van der Waals surface area contributed by atoms with E-state index in [9.17, 15) is 8.42 Å². The summed E-state index contributed by atoms with van der Waals surface area (Å²) < 4.78 is 25.3. The van der Waals surface area contributed by atoms with E-state index in [-0.39, 0.29) is 10.5 Å². The Morgan fingerprint density at radius 3 is 1.94 bits per heavy atom. The summed E-state index contributed by atoms with van der Waals surface area (Å²) in [6.07, 6.45) is 9.39. The van der Waals surface area contributed by atoms with Crippen molar-refractivity contribution in [1.29, 1.82) is 0 Å². The van der Waals surface area contributed by atoms with Gasteiger partial charge in [-0.2, -0.15) is 0 Å². The van der Waals surface area contributed by atoms with Crippen molar-refractivity contribution in [1.82, 2.24) is 5.32 Å². The summed E-state index contributed by atoms with van der Waals surface area (Å²) in [7, 11) is -2.85. The largest absolute Gasteiger partial charge is 0.311 e. The fraction of sp³-hybridized carbons (Fsp3) is 1.00. The van der Waals surface area contributed by atoms with E-state index < -0.39 is 9.84 Å². The molecule has 3 nitrogen and oxygen atoms in total. The third kappa shape index (κ3) is 2.26. The van der Waals surface area contributed by atoms with Gasteiger partial charge in [0.1, 0.15) is 0 Å². The molecule has 1 saturated carbocycles. The van der Waals surface area contributed by atoms with Crippen LogP contribution in [0.3, 0.4) is 0 Å². The van der Waals surface area contributed by atoms with Crippen molar-refractivity contribution in [3.05, 3.63) is 0 Å². The Bertz CT molecular complexity index is 361. The molecule has 1 N–H and O–H groups in total. The van der Waals surface area contributed by atoms with Crippen LogP contribution >= 0.6 is 0 Å². The maximum absolute atomic E-state index is 12.6. The monoisotopic (exact) mass is 257 g/mol. The first-order chi connectivity index (χ1) is 8.16. The summed E-state index contributed by atoms with van der Waals surface area (Å²) in [5.74, 6) is 0. The van der Waals surface area contributed by atoms with Crippen LogP contribution in [0.1, 0.15) is 57.8 Å². The van der Waals surface area contributed by atoms with E-state index >= 15 is 0 Å². The number of hydrogen-bond donors (Lipinski definition) is 1. The maximum atomic E-state index is 12.6. The number of piperidine rings is 1. The van der Waals surface area contributed by atoms with E-state index in [1.165, 1.54) is 19.3 Å². The maximum Gasteiger partial charge on any atom is 0.156 e. The van der Waals surface area contributed by atoms with E-state index in [1.54, 1.807) is 0 Å². The zero-order valence-corrected chi connectivity index (χ0v) is 11.2. The molecule has 0 radical (unpaired) electrons. The highest BCUT2D eigenvalue weighted by Gasteiger charge is 2.42. The van der Waals surface area contributed by atoms with Gasteiger partial charge in [-0.1, -0.05) is 19.3 Å². The van der Waals surface area contributed by atoms with Crippen molar-refractivity contribution in [2.75, 3.05) is 0 Å². The lowest BCUT2D eigenvalue weighted by Crippen LogP contribution is -2.46. The number of sulfone groups is 1. The SMILES string of the molecule is O=S(=O)(C1CCCCC1)C1CC2CCC(C1)N2. The van der Waals surface area contributed by atoms with Crippen LogP contribution in [0.4, 0.5) is 0 Å². The van der Waals surface area contributed by atoms with Gasteiger partial charge in [-0.15, -0.1) is 0 Å². The Balaban J connectivity index is 1.73. The van der Waals surface area contributed by atoms with Gasteiger partial charge in [0.15, 0.2) is 9.84 Å².